The maximum atomic E-state index is 11.8. The van der Waals surface area contributed by atoms with E-state index in [0.717, 1.165) is 43.2 Å². The summed E-state index contributed by atoms with van der Waals surface area (Å²) >= 11 is 0. The number of aryl methyl sites for hydroxylation is 1. The molecule has 1 aliphatic heterocycles. The van der Waals surface area contributed by atoms with Crippen LogP contribution >= 0.6 is 0 Å². The molecule has 1 unspecified atom stereocenters. The number of morpholine rings is 1. The highest BCUT2D eigenvalue weighted by Gasteiger charge is 2.16. The molecule has 0 aliphatic carbocycles. The quantitative estimate of drug-likeness (QED) is 0.469. The smallest absolute Gasteiger partial charge is 0.254 e. The molecule has 3 rings (SSSR count). The Morgan fingerprint density at radius 2 is 2.13 bits per heavy atom. The van der Waals surface area contributed by atoms with Gasteiger partial charge in [0, 0.05) is 50.4 Å². The number of anilines is 4. The van der Waals surface area contributed by atoms with Crippen molar-refractivity contribution >= 4 is 29.0 Å². The van der Waals surface area contributed by atoms with Crippen LogP contribution in [0.5, 0.6) is 0 Å². The topological polar surface area (TPSA) is 141 Å². The van der Waals surface area contributed by atoms with Crippen LogP contribution in [0.1, 0.15) is 15.9 Å². The van der Waals surface area contributed by atoms with Gasteiger partial charge in [-0.25, -0.2) is 4.98 Å². The number of hydrogen-bond acceptors (Lipinski definition) is 9. The predicted molar refractivity (Wildman–Crippen MR) is 116 cm³/mol. The Balaban J connectivity index is 1.77. The highest BCUT2D eigenvalue weighted by atomic mass is 16.5. The van der Waals surface area contributed by atoms with E-state index in [1.54, 1.807) is 7.11 Å². The maximum Gasteiger partial charge on any atom is 0.254 e. The van der Waals surface area contributed by atoms with Crippen LogP contribution in [0, 0.1) is 6.92 Å². The molecular formula is C20H29N7O3. The van der Waals surface area contributed by atoms with E-state index in [0.29, 0.717) is 24.9 Å². The number of benzene rings is 1. The number of aromatic nitrogens is 2. The van der Waals surface area contributed by atoms with Gasteiger partial charge in [-0.15, -0.1) is 0 Å². The van der Waals surface area contributed by atoms with Gasteiger partial charge in [-0.05, 0) is 30.7 Å². The van der Waals surface area contributed by atoms with Crippen molar-refractivity contribution in [2.24, 2.45) is 11.5 Å². The number of amides is 1. The first-order valence-electron chi connectivity index (χ1n) is 9.83. The van der Waals surface area contributed by atoms with Gasteiger partial charge in [0.1, 0.15) is 11.4 Å². The standard InChI is InChI=1S/C20H29N7O3/c1-13-9-15(3-4-17(13)27-5-7-30-8-6-27)25-19-16(18(22)28)11-24-20(26-19)23-10-14(21)12-29-2/h3-4,9,11,14H,5-8,10,12,21H2,1-2H3,(H2,22,28)(H2,23,24,25,26). The largest absolute Gasteiger partial charge is 0.383 e. The molecule has 0 radical (unpaired) electrons. The number of primary amides is 1. The van der Waals surface area contributed by atoms with Gasteiger partial charge in [0.05, 0.1) is 19.8 Å². The van der Waals surface area contributed by atoms with Gasteiger partial charge in [-0.1, -0.05) is 0 Å². The number of carbonyl (C=O) groups excluding carboxylic acids is 1. The molecule has 0 bridgehead atoms. The minimum Gasteiger partial charge on any atom is -0.383 e. The van der Waals surface area contributed by atoms with E-state index in [4.69, 9.17) is 20.9 Å². The first kappa shape index (κ1) is 21.8. The van der Waals surface area contributed by atoms with Crippen molar-refractivity contribution in [3.63, 3.8) is 0 Å². The Hall–Kier alpha value is -2.95. The van der Waals surface area contributed by atoms with Crippen molar-refractivity contribution in [1.29, 1.82) is 0 Å². The van der Waals surface area contributed by atoms with Crippen LogP contribution in [-0.4, -0.2) is 68.5 Å². The third-order valence-electron chi connectivity index (χ3n) is 4.77. The lowest BCUT2D eigenvalue weighted by molar-refractivity contribution is 0.100. The number of methoxy groups -OCH3 is 1. The zero-order valence-electron chi connectivity index (χ0n) is 17.4. The van der Waals surface area contributed by atoms with Crippen molar-refractivity contribution in [1.82, 2.24) is 9.97 Å². The molecule has 1 fully saturated rings. The van der Waals surface area contributed by atoms with E-state index < -0.39 is 5.91 Å². The fourth-order valence-electron chi connectivity index (χ4n) is 3.27. The summed E-state index contributed by atoms with van der Waals surface area (Å²) in [7, 11) is 1.59. The van der Waals surface area contributed by atoms with Crippen LogP contribution < -0.4 is 27.0 Å². The fourth-order valence-corrected chi connectivity index (χ4v) is 3.27. The lowest BCUT2D eigenvalue weighted by Gasteiger charge is -2.30. The Morgan fingerprint density at radius 1 is 1.37 bits per heavy atom. The summed E-state index contributed by atoms with van der Waals surface area (Å²) in [6.07, 6.45) is 1.40. The van der Waals surface area contributed by atoms with Gasteiger partial charge in [-0.3, -0.25) is 4.79 Å². The summed E-state index contributed by atoms with van der Waals surface area (Å²) in [6, 6.07) is 5.81. The number of rotatable bonds is 9. The summed E-state index contributed by atoms with van der Waals surface area (Å²) in [5.41, 5.74) is 14.7. The first-order valence-corrected chi connectivity index (χ1v) is 9.83. The minimum atomic E-state index is -0.609. The van der Waals surface area contributed by atoms with E-state index in [2.05, 4.69) is 38.5 Å². The SMILES string of the molecule is COCC(N)CNc1ncc(C(N)=O)c(Nc2ccc(N3CCOCC3)c(C)c2)n1. The molecule has 2 heterocycles. The average Bonchev–Trinajstić information content (AvgIpc) is 2.73. The molecule has 1 amide bonds. The number of nitrogens with zero attached hydrogens (tertiary/aromatic N) is 3. The van der Waals surface area contributed by atoms with E-state index in [1.807, 2.05) is 12.1 Å². The lowest BCUT2D eigenvalue weighted by Crippen LogP contribution is -2.36. The van der Waals surface area contributed by atoms with Crippen LogP contribution in [-0.2, 0) is 9.47 Å². The highest BCUT2D eigenvalue weighted by Crippen LogP contribution is 2.27. The fraction of sp³-hybridized carbons (Fsp3) is 0.450. The van der Waals surface area contributed by atoms with E-state index in [9.17, 15) is 4.79 Å². The maximum absolute atomic E-state index is 11.8. The second-order valence-corrected chi connectivity index (χ2v) is 7.14. The molecule has 6 N–H and O–H groups in total. The number of nitrogens with two attached hydrogens (primary N) is 2. The van der Waals surface area contributed by atoms with Crippen LogP contribution in [0.2, 0.25) is 0 Å². The lowest BCUT2D eigenvalue weighted by atomic mass is 10.1. The van der Waals surface area contributed by atoms with Crippen molar-refractivity contribution in [3.05, 3.63) is 35.5 Å². The first-order chi connectivity index (χ1) is 14.5. The molecule has 1 aliphatic rings. The van der Waals surface area contributed by atoms with E-state index >= 15 is 0 Å². The average molecular weight is 415 g/mol. The zero-order valence-corrected chi connectivity index (χ0v) is 17.4. The molecule has 10 nitrogen and oxygen atoms in total. The molecule has 1 aromatic carbocycles. The van der Waals surface area contributed by atoms with E-state index in [1.165, 1.54) is 6.20 Å². The third kappa shape index (κ3) is 5.56. The van der Waals surface area contributed by atoms with Crippen molar-refractivity contribution in [3.8, 4) is 0 Å². The van der Waals surface area contributed by atoms with Crippen LogP contribution in [0.15, 0.2) is 24.4 Å². The molecule has 2 aromatic rings. The van der Waals surface area contributed by atoms with Gasteiger partial charge in [0.25, 0.3) is 5.91 Å². The number of carbonyl (C=O) groups is 1. The highest BCUT2D eigenvalue weighted by molar-refractivity contribution is 5.98. The molecule has 1 saturated heterocycles. The van der Waals surface area contributed by atoms with Crippen molar-refractivity contribution in [2.45, 2.75) is 13.0 Å². The summed E-state index contributed by atoms with van der Waals surface area (Å²) < 4.78 is 10.4. The molecule has 0 spiro atoms. The minimum absolute atomic E-state index is 0.205. The zero-order chi connectivity index (χ0) is 21.5. The number of ether oxygens (including phenoxy) is 2. The van der Waals surface area contributed by atoms with E-state index in [-0.39, 0.29) is 11.6 Å². The van der Waals surface area contributed by atoms with Crippen molar-refractivity contribution in [2.75, 3.05) is 62.1 Å². The molecule has 162 valence electrons. The normalized spacial score (nSPS) is 15.0. The number of nitrogens with one attached hydrogen (secondary N) is 2. The van der Waals surface area contributed by atoms with Gasteiger partial charge in [0.15, 0.2) is 0 Å². The van der Waals surface area contributed by atoms with Gasteiger partial charge in [-0.2, -0.15) is 4.98 Å². The van der Waals surface area contributed by atoms with Crippen LogP contribution in [0.4, 0.5) is 23.1 Å². The third-order valence-corrected chi connectivity index (χ3v) is 4.77. The Kier molecular flexibility index (Phi) is 7.39. The Morgan fingerprint density at radius 3 is 2.80 bits per heavy atom. The second-order valence-electron chi connectivity index (χ2n) is 7.14. The summed E-state index contributed by atoms with van der Waals surface area (Å²) in [5, 5.41) is 6.23. The van der Waals surface area contributed by atoms with Gasteiger partial charge < -0.3 is 36.5 Å². The van der Waals surface area contributed by atoms with Gasteiger partial charge >= 0.3 is 0 Å². The van der Waals surface area contributed by atoms with Crippen LogP contribution in [0.3, 0.4) is 0 Å². The molecule has 0 saturated carbocycles. The molecule has 30 heavy (non-hydrogen) atoms. The molecule has 10 heteroatoms. The Labute approximate surface area is 175 Å². The molecule has 1 aromatic heterocycles. The summed E-state index contributed by atoms with van der Waals surface area (Å²) in [6.45, 7) is 6.08. The summed E-state index contributed by atoms with van der Waals surface area (Å²) in [4.78, 5) is 22.7. The molecule has 1 atom stereocenters. The monoisotopic (exact) mass is 415 g/mol. The second kappa shape index (κ2) is 10.2. The Bertz CT molecular complexity index is 871. The van der Waals surface area contributed by atoms with Gasteiger partial charge in [0.2, 0.25) is 5.95 Å². The number of hydrogen-bond donors (Lipinski definition) is 4. The summed E-state index contributed by atoms with van der Waals surface area (Å²) in [5.74, 6) is 0.0661. The van der Waals surface area contributed by atoms with Crippen molar-refractivity contribution < 1.29 is 14.3 Å². The van der Waals surface area contributed by atoms with Crippen LogP contribution in [0.25, 0.3) is 0 Å². The predicted octanol–water partition coefficient (Wildman–Crippen LogP) is 0.850. The molecular weight excluding hydrogens is 386 g/mol.